The summed E-state index contributed by atoms with van der Waals surface area (Å²) in [7, 11) is -1.19. The molecule has 8 heteroatoms. The molecule has 1 N–H and O–H groups in total. The number of amides is 1. The summed E-state index contributed by atoms with van der Waals surface area (Å²) < 4.78 is 20.8. The Balaban J connectivity index is 1.13. The molecule has 1 saturated carbocycles. The third kappa shape index (κ3) is 8.30. The first-order valence-electron chi connectivity index (χ1n) is 14.2. The highest BCUT2D eigenvalue weighted by molar-refractivity contribution is 7.84. The van der Waals surface area contributed by atoms with Crippen LogP contribution in [0.25, 0.3) is 0 Å². The fraction of sp³-hybridized carbons (Fsp3) is 0.333. The van der Waals surface area contributed by atoms with Crippen molar-refractivity contribution in [3.05, 3.63) is 107 Å². The zero-order chi connectivity index (χ0) is 28.6. The van der Waals surface area contributed by atoms with E-state index < -0.39 is 10.8 Å². The van der Waals surface area contributed by atoms with Crippen molar-refractivity contribution in [2.45, 2.75) is 62.1 Å². The molecule has 0 radical (unpaired) electrons. The first-order valence-corrected chi connectivity index (χ1v) is 15.9. The van der Waals surface area contributed by atoms with Crippen molar-refractivity contribution in [2.75, 3.05) is 11.9 Å². The molecule has 2 aliphatic rings. The molecule has 41 heavy (non-hydrogen) atoms. The highest BCUT2D eigenvalue weighted by atomic mass is 35.5. The Morgan fingerprint density at radius 2 is 1.95 bits per heavy atom. The molecule has 3 aromatic rings. The van der Waals surface area contributed by atoms with Gasteiger partial charge in [0.1, 0.15) is 5.75 Å². The van der Waals surface area contributed by atoms with Crippen molar-refractivity contribution in [1.29, 1.82) is 0 Å². The minimum absolute atomic E-state index is 0.172. The molecule has 1 heterocycles. The highest BCUT2D eigenvalue weighted by Gasteiger charge is 2.23. The van der Waals surface area contributed by atoms with Gasteiger partial charge in [-0.1, -0.05) is 49.2 Å². The van der Waals surface area contributed by atoms with E-state index in [1.807, 2.05) is 24.5 Å². The normalized spacial score (nSPS) is 17.7. The number of allylic oxidation sites excluding steroid dienone is 5. The summed E-state index contributed by atoms with van der Waals surface area (Å²) in [4.78, 5) is 17.6. The number of unbranched alkanes of at least 4 members (excludes halogenated alkanes) is 1. The number of benzene rings is 2. The van der Waals surface area contributed by atoms with Crippen molar-refractivity contribution in [1.82, 2.24) is 9.55 Å². The fourth-order valence-corrected chi connectivity index (χ4v) is 6.04. The molecule has 2 aromatic carbocycles. The number of anilines is 1. The van der Waals surface area contributed by atoms with Crippen LogP contribution in [-0.4, -0.2) is 26.3 Å². The predicted octanol–water partition coefficient (Wildman–Crippen LogP) is 7.51. The van der Waals surface area contributed by atoms with Crippen LogP contribution in [0, 0.1) is 5.92 Å². The Bertz CT molecular complexity index is 1450. The van der Waals surface area contributed by atoms with Crippen molar-refractivity contribution in [2.24, 2.45) is 5.92 Å². The topological polar surface area (TPSA) is 73.2 Å². The quantitative estimate of drug-likeness (QED) is 0.165. The van der Waals surface area contributed by atoms with Gasteiger partial charge in [0.25, 0.3) is 0 Å². The van der Waals surface area contributed by atoms with E-state index in [0.29, 0.717) is 22.9 Å². The number of aromatic nitrogens is 2. The van der Waals surface area contributed by atoms with Crippen molar-refractivity contribution < 1.29 is 13.7 Å². The van der Waals surface area contributed by atoms with Gasteiger partial charge in [0.2, 0.25) is 5.91 Å². The van der Waals surface area contributed by atoms with Crippen LogP contribution in [0.1, 0.15) is 56.2 Å². The molecule has 214 valence electrons. The highest BCUT2D eigenvalue weighted by Crippen LogP contribution is 2.34. The number of hydrogen-bond acceptors (Lipinski definition) is 4. The molecule has 5 rings (SSSR count). The SMILES string of the molecule is CCCCOc1ccc(C2C=CC(Cl)=C(/C=C/C(=O)Nc3ccc(S(=O)Cc4cncn4CC4CC4)cc3)C2)cc1. The van der Waals surface area contributed by atoms with E-state index >= 15 is 0 Å². The summed E-state index contributed by atoms with van der Waals surface area (Å²) in [5, 5.41) is 3.51. The van der Waals surface area contributed by atoms with Crippen molar-refractivity contribution in [3.63, 3.8) is 0 Å². The monoisotopic (exact) mass is 589 g/mol. The maximum Gasteiger partial charge on any atom is 0.248 e. The Kier molecular flexibility index (Phi) is 9.91. The molecule has 0 bridgehead atoms. The summed E-state index contributed by atoms with van der Waals surface area (Å²) in [6, 6.07) is 15.3. The van der Waals surface area contributed by atoms with Gasteiger partial charge in [-0.3, -0.25) is 9.00 Å². The molecule has 0 spiro atoms. The van der Waals surface area contributed by atoms with Crippen LogP contribution >= 0.6 is 11.6 Å². The first-order chi connectivity index (χ1) is 20.0. The van der Waals surface area contributed by atoms with E-state index in [4.69, 9.17) is 16.3 Å². The van der Waals surface area contributed by atoms with Crippen LogP contribution in [-0.2, 0) is 27.9 Å². The predicted molar refractivity (Wildman–Crippen MR) is 165 cm³/mol. The second-order valence-electron chi connectivity index (χ2n) is 10.6. The van der Waals surface area contributed by atoms with Gasteiger partial charge in [-0.05, 0) is 85.2 Å². The Morgan fingerprint density at radius 3 is 2.68 bits per heavy atom. The molecule has 1 fully saturated rings. The second-order valence-corrected chi connectivity index (χ2v) is 12.5. The van der Waals surface area contributed by atoms with Crippen LogP contribution < -0.4 is 10.1 Å². The Morgan fingerprint density at radius 1 is 1.17 bits per heavy atom. The van der Waals surface area contributed by atoms with E-state index in [-0.39, 0.29) is 11.8 Å². The smallest absolute Gasteiger partial charge is 0.248 e. The van der Waals surface area contributed by atoms with E-state index in [2.05, 4.69) is 40.0 Å². The Hall–Kier alpha value is -3.42. The lowest BCUT2D eigenvalue weighted by Crippen LogP contribution is -2.09. The maximum absolute atomic E-state index is 12.9. The molecule has 1 amide bonds. The first kappa shape index (κ1) is 29.1. The largest absolute Gasteiger partial charge is 0.494 e. The van der Waals surface area contributed by atoms with Gasteiger partial charge in [0, 0.05) is 40.4 Å². The van der Waals surface area contributed by atoms with Gasteiger partial charge in [0.15, 0.2) is 0 Å². The van der Waals surface area contributed by atoms with Gasteiger partial charge < -0.3 is 14.6 Å². The summed E-state index contributed by atoms with van der Waals surface area (Å²) in [5.74, 6) is 1.95. The number of imidazole rings is 1. The zero-order valence-electron chi connectivity index (χ0n) is 23.3. The van der Waals surface area contributed by atoms with Crippen LogP contribution in [0.2, 0.25) is 0 Å². The number of nitrogens with zero attached hydrogens (tertiary/aromatic N) is 2. The average molecular weight is 590 g/mol. The molecule has 2 unspecified atom stereocenters. The second kappa shape index (κ2) is 14.0. The number of nitrogens with one attached hydrogen (secondary N) is 1. The lowest BCUT2D eigenvalue weighted by atomic mass is 9.88. The Labute approximate surface area is 249 Å². The van der Waals surface area contributed by atoms with Gasteiger partial charge in [-0.25, -0.2) is 4.98 Å². The lowest BCUT2D eigenvalue weighted by Gasteiger charge is -2.19. The molecule has 1 aromatic heterocycles. The van der Waals surface area contributed by atoms with E-state index in [0.717, 1.165) is 53.8 Å². The zero-order valence-corrected chi connectivity index (χ0v) is 24.9. The summed E-state index contributed by atoms with van der Waals surface area (Å²) in [6.07, 6.45) is 16.3. The number of halogens is 1. The van der Waals surface area contributed by atoms with E-state index in [1.54, 1.807) is 36.5 Å². The van der Waals surface area contributed by atoms with Crippen LogP contribution in [0.3, 0.4) is 0 Å². The number of rotatable bonds is 13. The van der Waals surface area contributed by atoms with Gasteiger partial charge in [0.05, 0.1) is 35.2 Å². The standard InChI is InChI=1S/C33H36ClN3O3S/c1-2-3-18-40-30-12-6-25(7-13-30)26-8-16-32(34)27(19-26)9-17-33(38)36-28-10-14-31(15-11-28)41(39)22-29-20-35-23-37(29)21-24-4-5-24/h6-17,20,23-24,26H,2-5,18-19,21-22H2,1H3,(H,36,38)/b17-9+. The molecule has 2 atom stereocenters. The van der Waals surface area contributed by atoms with Crippen molar-refractivity contribution >= 4 is 34.0 Å². The van der Waals surface area contributed by atoms with Gasteiger partial charge >= 0.3 is 0 Å². The maximum atomic E-state index is 12.9. The molecule has 6 nitrogen and oxygen atoms in total. The van der Waals surface area contributed by atoms with E-state index in [1.165, 1.54) is 24.5 Å². The lowest BCUT2D eigenvalue weighted by molar-refractivity contribution is -0.111. The third-order valence-corrected chi connectivity index (χ3v) is 9.07. The number of carbonyl (C=O) groups excluding carboxylic acids is 1. The number of ether oxygens (including phenoxy) is 1. The molecule has 2 aliphatic carbocycles. The average Bonchev–Trinajstić information content (AvgIpc) is 3.70. The van der Waals surface area contributed by atoms with Gasteiger partial charge in [-0.15, -0.1) is 0 Å². The fourth-order valence-electron chi connectivity index (χ4n) is 4.71. The molecule has 0 saturated heterocycles. The minimum atomic E-state index is -1.19. The van der Waals surface area contributed by atoms with Crippen LogP contribution in [0.4, 0.5) is 5.69 Å². The van der Waals surface area contributed by atoms with Gasteiger partial charge in [-0.2, -0.15) is 0 Å². The molecular formula is C33H36ClN3O3S. The minimum Gasteiger partial charge on any atom is -0.494 e. The van der Waals surface area contributed by atoms with Crippen molar-refractivity contribution in [3.8, 4) is 5.75 Å². The summed E-state index contributed by atoms with van der Waals surface area (Å²) in [5.41, 5.74) is 3.71. The van der Waals surface area contributed by atoms with E-state index in [9.17, 15) is 9.00 Å². The molecule has 0 aliphatic heterocycles. The summed E-state index contributed by atoms with van der Waals surface area (Å²) in [6.45, 7) is 3.82. The third-order valence-electron chi connectivity index (χ3n) is 7.35. The van der Waals surface area contributed by atoms with Crippen LogP contribution in [0.15, 0.2) is 101 Å². The summed E-state index contributed by atoms with van der Waals surface area (Å²) >= 11 is 6.47. The number of carbonyl (C=O) groups is 1. The molecular weight excluding hydrogens is 554 g/mol. The number of hydrogen-bond donors (Lipinski definition) is 1. The van der Waals surface area contributed by atoms with Crippen LogP contribution in [0.5, 0.6) is 5.75 Å².